The lowest BCUT2D eigenvalue weighted by atomic mass is 10.0. The molecule has 1 N–H and O–H groups in total. The Hall–Kier alpha value is -2.10. The van der Waals surface area contributed by atoms with Crippen molar-refractivity contribution in [3.05, 3.63) is 53.1 Å². The van der Waals surface area contributed by atoms with Crippen molar-refractivity contribution < 1.29 is 4.79 Å². The van der Waals surface area contributed by atoms with Gasteiger partial charge in [-0.25, -0.2) is 4.98 Å². The third kappa shape index (κ3) is 2.65. The van der Waals surface area contributed by atoms with Gasteiger partial charge in [-0.2, -0.15) is 0 Å². The van der Waals surface area contributed by atoms with E-state index in [1.807, 2.05) is 12.4 Å². The van der Waals surface area contributed by atoms with Crippen LogP contribution in [0.4, 0.5) is 0 Å². The number of aromatic nitrogens is 2. The van der Waals surface area contributed by atoms with Crippen molar-refractivity contribution in [2.24, 2.45) is 0 Å². The number of fused-ring (bicyclic) bond motifs is 2. The van der Waals surface area contributed by atoms with Crippen LogP contribution in [0.5, 0.6) is 0 Å². The Morgan fingerprint density at radius 1 is 1.27 bits per heavy atom. The van der Waals surface area contributed by atoms with Crippen molar-refractivity contribution in [2.45, 2.75) is 51.1 Å². The molecule has 2 aromatic rings. The minimum absolute atomic E-state index is 0.131. The van der Waals surface area contributed by atoms with Crippen molar-refractivity contribution in [1.29, 1.82) is 0 Å². The Kier molecular flexibility index (Phi) is 3.45. The van der Waals surface area contributed by atoms with Crippen LogP contribution in [0.1, 0.15) is 35.4 Å². The fourth-order valence-electron chi connectivity index (χ4n) is 3.68. The van der Waals surface area contributed by atoms with Crippen LogP contribution in [0.25, 0.3) is 0 Å². The first-order chi connectivity index (χ1) is 10.8. The highest BCUT2D eigenvalue weighted by atomic mass is 16.1. The predicted molar refractivity (Wildman–Crippen MR) is 84.6 cm³/mol. The smallest absolute Gasteiger partial charge is 0.224 e. The number of amides is 1. The van der Waals surface area contributed by atoms with Crippen molar-refractivity contribution in [2.75, 3.05) is 0 Å². The summed E-state index contributed by atoms with van der Waals surface area (Å²) in [5.41, 5.74) is 4.03. The second-order valence-corrected chi connectivity index (χ2v) is 6.43. The molecule has 4 rings (SSSR count). The molecular formula is C18H21N3O. The van der Waals surface area contributed by atoms with Gasteiger partial charge in [-0.3, -0.25) is 4.79 Å². The number of nitrogens with one attached hydrogen (secondary N) is 1. The SMILES string of the molecule is O=C(Cc1ccc2c(c1)CCC2)N[C@@H]1CCc2nccn2C1. The third-order valence-electron chi connectivity index (χ3n) is 4.83. The summed E-state index contributed by atoms with van der Waals surface area (Å²) in [4.78, 5) is 16.6. The van der Waals surface area contributed by atoms with Gasteiger partial charge in [-0.1, -0.05) is 18.2 Å². The quantitative estimate of drug-likeness (QED) is 0.942. The number of rotatable bonds is 3. The van der Waals surface area contributed by atoms with E-state index in [-0.39, 0.29) is 11.9 Å². The molecule has 22 heavy (non-hydrogen) atoms. The van der Waals surface area contributed by atoms with Gasteiger partial charge in [0.2, 0.25) is 5.91 Å². The fraction of sp³-hybridized carbons (Fsp3) is 0.444. The summed E-state index contributed by atoms with van der Waals surface area (Å²) in [5.74, 6) is 1.26. The Morgan fingerprint density at radius 3 is 3.14 bits per heavy atom. The van der Waals surface area contributed by atoms with Gasteiger partial charge in [0.15, 0.2) is 0 Å². The zero-order chi connectivity index (χ0) is 14.9. The van der Waals surface area contributed by atoms with Crippen LogP contribution in [0.2, 0.25) is 0 Å². The fourth-order valence-corrected chi connectivity index (χ4v) is 3.68. The normalized spacial score (nSPS) is 19.5. The minimum atomic E-state index is 0.131. The Morgan fingerprint density at radius 2 is 2.18 bits per heavy atom. The summed E-state index contributed by atoms with van der Waals surface area (Å²) in [6, 6.07) is 6.75. The lowest BCUT2D eigenvalue weighted by Crippen LogP contribution is -2.41. The van der Waals surface area contributed by atoms with E-state index in [9.17, 15) is 4.79 Å². The summed E-state index contributed by atoms with van der Waals surface area (Å²) in [7, 11) is 0. The molecule has 1 amide bonds. The number of carbonyl (C=O) groups is 1. The van der Waals surface area contributed by atoms with Gasteiger partial charge in [0, 0.05) is 31.4 Å². The zero-order valence-corrected chi connectivity index (χ0v) is 12.7. The van der Waals surface area contributed by atoms with E-state index >= 15 is 0 Å². The van der Waals surface area contributed by atoms with Gasteiger partial charge < -0.3 is 9.88 Å². The average molecular weight is 295 g/mol. The van der Waals surface area contributed by atoms with Crippen molar-refractivity contribution in [1.82, 2.24) is 14.9 Å². The van der Waals surface area contributed by atoms with E-state index in [4.69, 9.17) is 0 Å². The molecule has 0 spiro atoms. The summed E-state index contributed by atoms with van der Waals surface area (Å²) in [6.45, 7) is 0.839. The number of aryl methyl sites for hydroxylation is 3. The number of benzene rings is 1. The highest BCUT2D eigenvalue weighted by molar-refractivity contribution is 5.79. The molecule has 1 aromatic heterocycles. The van der Waals surface area contributed by atoms with E-state index < -0.39 is 0 Å². The molecule has 114 valence electrons. The summed E-state index contributed by atoms with van der Waals surface area (Å²) < 4.78 is 2.14. The van der Waals surface area contributed by atoms with Crippen LogP contribution in [-0.4, -0.2) is 21.5 Å². The van der Waals surface area contributed by atoms with E-state index in [2.05, 4.69) is 33.1 Å². The predicted octanol–water partition coefficient (Wildman–Crippen LogP) is 2.05. The molecule has 0 radical (unpaired) electrons. The number of imidazole rings is 1. The first kappa shape index (κ1) is 13.6. The molecule has 0 saturated heterocycles. The zero-order valence-electron chi connectivity index (χ0n) is 12.7. The second-order valence-electron chi connectivity index (χ2n) is 6.43. The molecule has 0 saturated carbocycles. The van der Waals surface area contributed by atoms with E-state index in [1.165, 1.54) is 24.0 Å². The van der Waals surface area contributed by atoms with Gasteiger partial charge in [-0.15, -0.1) is 0 Å². The van der Waals surface area contributed by atoms with Crippen LogP contribution in [-0.2, 0) is 37.0 Å². The van der Waals surface area contributed by atoms with E-state index in [1.54, 1.807) is 0 Å². The Balaban J connectivity index is 1.37. The lowest BCUT2D eigenvalue weighted by molar-refractivity contribution is -0.121. The first-order valence-corrected chi connectivity index (χ1v) is 8.18. The van der Waals surface area contributed by atoms with Crippen LogP contribution >= 0.6 is 0 Å². The molecule has 0 unspecified atom stereocenters. The van der Waals surface area contributed by atoms with Crippen LogP contribution in [0.3, 0.4) is 0 Å². The highest BCUT2D eigenvalue weighted by Gasteiger charge is 2.20. The first-order valence-electron chi connectivity index (χ1n) is 8.18. The van der Waals surface area contributed by atoms with E-state index in [0.717, 1.165) is 37.2 Å². The molecule has 0 bridgehead atoms. The number of carbonyl (C=O) groups excluding carboxylic acids is 1. The highest BCUT2D eigenvalue weighted by Crippen LogP contribution is 2.23. The summed E-state index contributed by atoms with van der Waals surface area (Å²) in [5, 5.41) is 3.18. The maximum atomic E-state index is 12.3. The lowest BCUT2D eigenvalue weighted by Gasteiger charge is -2.24. The Bertz CT molecular complexity index is 704. The molecule has 1 aliphatic heterocycles. The van der Waals surface area contributed by atoms with Gasteiger partial charge in [0.1, 0.15) is 5.82 Å². The molecule has 2 aliphatic rings. The Labute approximate surface area is 130 Å². The molecule has 4 nitrogen and oxygen atoms in total. The molecule has 1 atom stereocenters. The number of hydrogen-bond donors (Lipinski definition) is 1. The van der Waals surface area contributed by atoms with Gasteiger partial charge in [0.05, 0.1) is 6.42 Å². The summed E-state index contributed by atoms with van der Waals surface area (Å²) in [6.07, 6.45) is 9.84. The molecule has 2 heterocycles. The monoisotopic (exact) mass is 295 g/mol. The molecule has 0 fully saturated rings. The number of hydrogen-bond acceptors (Lipinski definition) is 2. The van der Waals surface area contributed by atoms with Crippen LogP contribution < -0.4 is 5.32 Å². The minimum Gasteiger partial charge on any atom is -0.351 e. The topological polar surface area (TPSA) is 46.9 Å². The molecular weight excluding hydrogens is 274 g/mol. The molecule has 4 heteroatoms. The van der Waals surface area contributed by atoms with Gasteiger partial charge >= 0.3 is 0 Å². The molecule has 1 aromatic carbocycles. The van der Waals surface area contributed by atoms with Crippen molar-refractivity contribution in [3.63, 3.8) is 0 Å². The van der Waals surface area contributed by atoms with Crippen LogP contribution in [0.15, 0.2) is 30.6 Å². The standard InChI is InChI=1S/C18H21N3O/c22-18(11-13-4-5-14-2-1-3-15(14)10-13)20-16-6-7-17-19-8-9-21(17)12-16/h4-5,8-10,16H,1-3,6-7,11-12H2,(H,20,22)/t16-/m1/s1. The van der Waals surface area contributed by atoms with Crippen molar-refractivity contribution >= 4 is 5.91 Å². The van der Waals surface area contributed by atoms with Crippen LogP contribution in [0, 0.1) is 0 Å². The number of nitrogens with zero attached hydrogens (tertiary/aromatic N) is 2. The van der Waals surface area contributed by atoms with Gasteiger partial charge in [-0.05, 0) is 42.4 Å². The van der Waals surface area contributed by atoms with Crippen molar-refractivity contribution in [3.8, 4) is 0 Å². The third-order valence-corrected chi connectivity index (χ3v) is 4.83. The largest absolute Gasteiger partial charge is 0.351 e. The summed E-state index contributed by atoms with van der Waals surface area (Å²) >= 11 is 0. The average Bonchev–Trinajstić information content (AvgIpc) is 3.14. The maximum absolute atomic E-state index is 12.3. The van der Waals surface area contributed by atoms with Gasteiger partial charge in [0.25, 0.3) is 0 Å². The second kappa shape index (κ2) is 5.59. The maximum Gasteiger partial charge on any atom is 0.224 e. The molecule has 1 aliphatic carbocycles. The van der Waals surface area contributed by atoms with E-state index in [0.29, 0.717) is 6.42 Å².